The van der Waals surface area contributed by atoms with Crippen molar-refractivity contribution in [1.82, 2.24) is 15.5 Å². The third-order valence-corrected chi connectivity index (χ3v) is 3.74. The monoisotopic (exact) mass is 259 g/mol. The van der Waals surface area contributed by atoms with Crippen molar-refractivity contribution >= 4 is 5.91 Å². The van der Waals surface area contributed by atoms with E-state index in [2.05, 4.69) is 27.7 Å². The van der Waals surface area contributed by atoms with E-state index in [1.54, 1.807) is 0 Å². The third-order valence-electron chi connectivity index (χ3n) is 3.74. The Balaban J connectivity index is 1.56. The van der Waals surface area contributed by atoms with Crippen LogP contribution < -0.4 is 10.6 Å². The molecule has 4 nitrogen and oxygen atoms in total. The summed E-state index contributed by atoms with van der Waals surface area (Å²) in [4.78, 5) is 14.3. The predicted molar refractivity (Wildman–Crippen MR) is 75.1 cm³/mol. The predicted octanol–water partition coefficient (Wildman–Crippen LogP) is 0.984. The quantitative estimate of drug-likeness (QED) is 0.847. The Morgan fingerprint density at radius 2 is 1.89 bits per heavy atom. The molecule has 102 valence electrons. The first-order valence-corrected chi connectivity index (χ1v) is 7.14. The molecular weight excluding hydrogens is 238 g/mol. The second-order valence-electron chi connectivity index (χ2n) is 5.47. The molecule has 1 aliphatic carbocycles. The maximum atomic E-state index is 11.9. The van der Waals surface area contributed by atoms with Crippen LogP contribution in [0.15, 0.2) is 24.3 Å². The highest BCUT2D eigenvalue weighted by Crippen LogP contribution is 2.19. The van der Waals surface area contributed by atoms with Gasteiger partial charge in [-0.1, -0.05) is 12.1 Å². The lowest BCUT2D eigenvalue weighted by atomic mass is 10.1. The fourth-order valence-corrected chi connectivity index (χ4v) is 2.39. The van der Waals surface area contributed by atoms with Crippen LogP contribution in [0.3, 0.4) is 0 Å². The molecule has 2 N–H and O–H groups in total. The molecule has 1 heterocycles. The van der Waals surface area contributed by atoms with Crippen LogP contribution >= 0.6 is 0 Å². The smallest absolute Gasteiger partial charge is 0.251 e. The highest BCUT2D eigenvalue weighted by atomic mass is 16.1. The van der Waals surface area contributed by atoms with Gasteiger partial charge in [-0.05, 0) is 30.5 Å². The van der Waals surface area contributed by atoms with Crippen LogP contribution in [0, 0.1) is 0 Å². The van der Waals surface area contributed by atoms with Crippen molar-refractivity contribution in [2.75, 3.05) is 26.2 Å². The van der Waals surface area contributed by atoms with Crippen molar-refractivity contribution in [2.24, 2.45) is 0 Å². The van der Waals surface area contributed by atoms with Crippen molar-refractivity contribution < 1.29 is 4.79 Å². The number of carbonyl (C=O) groups is 1. The summed E-state index contributed by atoms with van der Waals surface area (Å²) in [6.07, 6.45) is 2.26. The number of hydrogen-bond acceptors (Lipinski definition) is 3. The van der Waals surface area contributed by atoms with Crippen LogP contribution in [0.2, 0.25) is 0 Å². The Morgan fingerprint density at radius 1 is 1.21 bits per heavy atom. The van der Waals surface area contributed by atoms with Crippen LogP contribution in [-0.2, 0) is 6.54 Å². The van der Waals surface area contributed by atoms with Crippen molar-refractivity contribution in [2.45, 2.75) is 25.4 Å². The topological polar surface area (TPSA) is 44.4 Å². The first-order valence-electron chi connectivity index (χ1n) is 7.14. The highest BCUT2D eigenvalue weighted by Gasteiger charge is 2.23. The van der Waals surface area contributed by atoms with Gasteiger partial charge in [-0.2, -0.15) is 0 Å². The summed E-state index contributed by atoms with van der Waals surface area (Å²) in [6.45, 7) is 5.32. The second kappa shape index (κ2) is 5.72. The molecular formula is C15H21N3O. The molecule has 0 atom stereocenters. The van der Waals surface area contributed by atoms with E-state index in [-0.39, 0.29) is 5.91 Å². The van der Waals surface area contributed by atoms with Gasteiger partial charge in [-0.3, -0.25) is 9.69 Å². The third kappa shape index (κ3) is 3.55. The second-order valence-corrected chi connectivity index (χ2v) is 5.47. The van der Waals surface area contributed by atoms with Crippen molar-refractivity contribution in [3.8, 4) is 0 Å². The number of benzene rings is 1. The van der Waals surface area contributed by atoms with Crippen LogP contribution in [0.5, 0.6) is 0 Å². The maximum Gasteiger partial charge on any atom is 0.251 e. The number of hydrogen-bond donors (Lipinski definition) is 2. The first kappa shape index (κ1) is 12.6. The van der Waals surface area contributed by atoms with Gasteiger partial charge in [0, 0.05) is 44.3 Å². The summed E-state index contributed by atoms with van der Waals surface area (Å²) in [5.41, 5.74) is 2.06. The van der Waals surface area contributed by atoms with Gasteiger partial charge in [0.1, 0.15) is 0 Å². The Labute approximate surface area is 114 Å². The summed E-state index contributed by atoms with van der Waals surface area (Å²) in [5, 5.41) is 6.37. The van der Waals surface area contributed by atoms with Crippen molar-refractivity contribution in [1.29, 1.82) is 0 Å². The van der Waals surface area contributed by atoms with Gasteiger partial charge in [0.15, 0.2) is 0 Å². The molecule has 19 heavy (non-hydrogen) atoms. The molecule has 1 saturated carbocycles. The van der Waals surface area contributed by atoms with Gasteiger partial charge in [-0.25, -0.2) is 0 Å². The van der Waals surface area contributed by atoms with E-state index in [9.17, 15) is 4.79 Å². The Hall–Kier alpha value is -1.39. The standard InChI is InChI=1S/C15H21N3O/c19-15(17-14-5-6-14)13-3-1-12(2-4-13)11-18-9-7-16-8-10-18/h1-4,14,16H,5-11H2,(H,17,19). The average Bonchev–Trinajstić information content (AvgIpc) is 3.25. The summed E-state index contributed by atoms with van der Waals surface area (Å²) < 4.78 is 0. The van der Waals surface area contributed by atoms with E-state index in [1.807, 2.05) is 12.1 Å². The molecule has 0 spiro atoms. The van der Waals surface area contributed by atoms with E-state index in [0.29, 0.717) is 6.04 Å². The lowest BCUT2D eigenvalue weighted by Crippen LogP contribution is -2.42. The van der Waals surface area contributed by atoms with E-state index in [0.717, 1.165) is 51.1 Å². The summed E-state index contributed by atoms with van der Waals surface area (Å²) in [6, 6.07) is 8.45. The molecule has 1 amide bonds. The van der Waals surface area contributed by atoms with Gasteiger partial charge in [0.05, 0.1) is 0 Å². The van der Waals surface area contributed by atoms with Gasteiger partial charge in [-0.15, -0.1) is 0 Å². The number of nitrogens with one attached hydrogen (secondary N) is 2. The minimum atomic E-state index is 0.0659. The highest BCUT2D eigenvalue weighted by molar-refractivity contribution is 5.94. The fourth-order valence-electron chi connectivity index (χ4n) is 2.39. The Morgan fingerprint density at radius 3 is 2.53 bits per heavy atom. The van der Waals surface area contributed by atoms with Gasteiger partial charge >= 0.3 is 0 Å². The largest absolute Gasteiger partial charge is 0.349 e. The average molecular weight is 259 g/mol. The normalized spacial score (nSPS) is 20.2. The maximum absolute atomic E-state index is 11.9. The van der Waals surface area contributed by atoms with E-state index < -0.39 is 0 Å². The number of nitrogens with zero attached hydrogens (tertiary/aromatic N) is 1. The molecule has 2 aliphatic rings. The van der Waals surface area contributed by atoms with Gasteiger partial charge in [0.2, 0.25) is 0 Å². The molecule has 0 unspecified atom stereocenters. The molecule has 1 aromatic rings. The van der Waals surface area contributed by atoms with Crippen LogP contribution in [-0.4, -0.2) is 43.0 Å². The van der Waals surface area contributed by atoms with Crippen LogP contribution in [0.4, 0.5) is 0 Å². The zero-order chi connectivity index (χ0) is 13.1. The van der Waals surface area contributed by atoms with E-state index >= 15 is 0 Å². The first-order chi connectivity index (χ1) is 9.31. The zero-order valence-corrected chi connectivity index (χ0v) is 11.2. The molecule has 2 fully saturated rings. The van der Waals surface area contributed by atoms with E-state index in [1.165, 1.54) is 5.56 Å². The fraction of sp³-hybridized carbons (Fsp3) is 0.533. The van der Waals surface area contributed by atoms with Crippen LogP contribution in [0.1, 0.15) is 28.8 Å². The number of rotatable bonds is 4. The van der Waals surface area contributed by atoms with Crippen molar-refractivity contribution in [3.63, 3.8) is 0 Å². The van der Waals surface area contributed by atoms with E-state index in [4.69, 9.17) is 0 Å². The molecule has 0 aromatic heterocycles. The molecule has 1 saturated heterocycles. The van der Waals surface area contributed by atoms with Gasteiger partial charge in [0.25, 0.3) is 5.91 Å². The minimum absolute atomic E-state index is 0.0659. The lowest BCUT2D eigenvalue weighted by molar-refractivity contribution is 0.0951. The molecule has 0 radical (unpaired) electrons. The SMILES string of the molecule is O=C(NC1CC1)c1ccc(CN2CCNCC2)cc1. The number of carbonyl (C=O) groups excluding carboxylic acids is 1. The zero-order valence-electron chi connectivity index (χ0n) is 11.2. The summed E-state index contributed by atoms with van der Waals surface area (Å²) >= 11 is 0. The molecule has 3 rings (SSSR count). The number of piperazine rings is 1. The molecule has 1 aromatic carbocycles. The van der Waals surface area contributed by atoms with Gasteiger partial charge < -0.3 is 10.6 Å². The Kier molecular flexibility index (Phi) is 3.80. The van der Waals surface area contributed by atoms with Crippen LogP contribution in [0.25, 0.3) is 0 Å². The summed E-state index contributed by atoms with van der Waals surface area (Å²) in [5.74, 6) is 0.0659. The molecule has 0 bridgehead atoms. The van der Waals surface area contributed by atoms with Crippen molar-refractivity contribution in [3.05, 3.63) is 35.4 Å². The number of amides is 1. The molecule has 4 heteroatoms. The molecule has 1 aliphatic heterocycles. The lowest BCUT2D eigenvalue weighted by Gasteiger charge is -2.27. The Bertz CT molecular complexity index is 433. The minimum Gasteiger partial charge on any atom is -0.349 e. The summed E-state index contributed by atoms with van der Waals surface area (Å²) in [7, 11) is 0.